The number of amides is 1. The molecule has 19 heavy (non-hydrogen) atoms. The lowest BCUT2D eigenvalue weighted by molar-refractivity contribution is -0.137. The molecule has 0 aromatic heterocycles. The molecule has 110 valence electrons. The lowest BCUT2D eigenvalue weighted by Gasteiger charge is -2.33. The van der Waals surface area contributed by atoms with E-state index < -0.39 is 28.3 Å². The first kappa shape index (κ1) is 15.7. The fraction of sp³-hybridized carbons (Fsp3) is 0.800. The molecule has 0 aromatic rings. The molecular weight excluding hydrogens is 276 g/mol. The third kappa shape index (κ3) is 4.67. The van der Waals surface area contributed by atoms with Gasteiger partial charge in [0.15, 0.2) is 0 Å². The Kier molecular flexibility index (Phi) is 5.55. The second kappa shape index (κ2) is 6.71. The molecule has 1 aliphatic rings. The smallest absolute Gasteiger partial charge is 0.421 e. The molecule has 0 aromatic carbocycles. The number of carbonyl (C=O) groups excluding carboxylic acids is 1. The summed E-state index contributed by atoms with van der Waals surface area (Å²) in [5, 5.41) is 8.66. The summed E-state index contributed by atoms with van der Waals surface area (Å²) in [4.78, 5) is 21.6. The molecule has 1 heterocycles. The lowest BCUT2D eigenvalue weighted by atomic mass is 10.0. The van der Waals surface area contributed by atoms with E-state index in [1.54, 1.807) is 4.72 Å². The minimum Gasteiger partial charge on any atom is -0.481 e. The van der Waals surface area contributed by atoms with Crippen LogP contribution < -0.4 is 4.72 Å². The highest BCUT2D eigenvalue weighted by molar-refractivity contribution is 7.87. The van der Waals surface area contributed by atoms with Gasteiger partial charge in [0.05, 0.1) is 7.11 Å². The number of nitrogens with zero attached hydrogens (tertiary/aromatic N) is 1. The van der Waals surface area contributed by atoms with E-state index in [0.29, 0.717) is 12.8 Å². The molecule has 1 rings (SSSR count). The van der Waals surface area contributed by atoms with Gasteiger partial charge in [-0.1, -0.05) is 6.42 Å². The molecule has 1 fully saturated rings. The van der Waals surface area contributed by atoms with Gasteiger partial charge in [0.1, 0.15) is 0 Å². The monoisotopic (exact) mass is 294 g/mol. The first-order chi connectivity index (χ1) is 8.86. The van der Waals surface area contributed by atoms with Crippen molar-refractivity contribution in [3.05, 3.63) is 0 Å². The number of methoxy groups -OCH3 is 1. The normalized spacial score (nSPS) is 20.8. The topological polar surface area (TPSA) is 113 Å². The van der Waals surface area contributed by atoms with E-state index in [4.69, 9.17) is 5.11 Å². The van der Waals surface area contributed by atoms with Crippen molar-refractivity contribution in [2.45, 2.75) is 38.1 Å². The van der Waals surface area contributed by atoms with Crippen LogP contribution in [0, 0.1) is 0 Å². The Hall–Kier alpha value is -1.35. The summed E-state index contributed by atoms with van der Waals surface area (Å²) in [6, 6.07) is -0.396. The zero-order valence-corrected chi connectivity index (χ0v) is 11.5. The van der Waals surface area contributed by atoms with Gasteiger partial charge in [-0.25, -0.2) is 9.52 Å². The maximum Gasteiger partial charge on any atom is 0.421 e. The van der Waals surface area contributed by atoms with E-state index in [1.807, 2.05) is 0 Å². The summed E-state index contributed by atoms with van der Waals surface area (Å²) in [5.74, 6) is -0.969. The van der Waals surface area contributed by atoms with Gasteiger partial charge in [-0.2, -0.15) is 12.7 Å². The van der Waals surface area contributed by atoms with E-state index in [1.165, 1.54) is 0 Å². The van der Waals surface area contributed by atoms with Crippen molar-refractivity contribution < 1.29 is 27.9 Å². The highest BCUT2D eigenvalue weighted by Crippen LogP contribution is 2.23. The van der Waals surface area contributed by atoms with Crippen molar-refractivity contribution in [1.29, 1.82) is 0 Å². The van der Waals surface area contributed by atoms with Gasteiger partial charge in [0.25, 0.3) is 0 Å². The number of carboxylic acid groups (broad SMARTS) is 1. The third-order valence-electron chi connectivity index (χ3n) is 2.97. The van der Waals surface area contributed by atoms with Gasteiger partial charge < -0.3 is 9.84 Å². The molecule has 1 saturated heterocycles. The number of carbonyl (C=O) groups is 2. The van der Waals surface area contributed by atoms with E-state index >= 15 is 0 Å². The SMILES string of the molecule is COC(=O)NS(=O)(=O)N1CCCCC1CCC(=O)O. The Morgan fingerprint density at radius 1 is 1.42 bits per heavy atom. The zero-order valence-electron chi connectivity index (χ0n) is 10.7. The molecule has 1 amide bonds. The third-order valence-corrected chi connectivity index (χ3v) is 4.49. The van der Waals surface area contributed by atoms with E-state index in [2.05, 4.69) is 4.74 Å². The minimum atomic E-state index is -3.98. The van der Waals surface area contributed by atoms with Crippen LogP contribution in [0.25, 0.3) is 0 Å². The molecule has 0 aliphatic carbocycles. The van der Waals surface area contributed by atoms with Crippen LogP contribution in [0.2, 0.25) is 0 Å². The number of ether oxygens (including phenoxy) is 1. The van der Waals surface area contributed by atoms with Crippen LogP contribution in [-0.4, -0.2) is 49.6 Å². The Bertz CT molecular complexity index is 435. The fourth-order valence-electron chi connectivity index (χ4n) is 2.07. The zero-order chi connectivity index (χ0) is 14.5. The summed E-state index contributed by atoms with van der Waals surface area (Å²) in [6.07, 6.45) is 1.20. The standard InChI is InChI=1S/C10H18N2O6S/c1-18-10(15)11-19(16,17)12-7-3-2-4-8(12)5-6-9(13)14/h8H,2-7H2,1H3,(H,11,15)(H,13,14). The van der Waals surface area contributed by atoms with Gasteiger partial charge in [-0.05, 0) is 19.3 Å². The second-order valence-electron chi connectivity index (χ2n) is 4.29. The maximum absolute atomic E-state index is 12.0. The van der Waals surface area contributed by atoms with Crippen LogP contribution in [-0.2, 0) is 19.7 Å². The second-order valence-corrected chi connectivity index (χ2v) is 5.91. The van der Waals surface area contributed by atoms with Gasteiger partial charge >= 0.3 is 22.3 Å². The number of rotatable bonds is 5. The predicted molar refractivity (Wildman–Crippen MR) is 65.7 cm³/mol. The largest absolute Gasteiger partial charge is 0.481 e. The van der Waals surface area contributed by atoms with Crippen molar-refractivity contribution in [3.63, 3.8) is 0 Å². The highest BCUT2D eigenvalue weighted by atomic mass is 32.2. The van der Waals surface area contributed by atoms with E-state index in [-0.39, 0.29) is 19.4 Å². The molecule has 1 unspecified atom stereocenters. The number of carboxylic acids is 1. The van der Waals surface area contributed by atoms with E-state index in [9.17, 15) is 18.0 Å². The van der Waals surface area contributed by atoms with Gasteiger partial charge in [-0.3, -0.25) is 4.79 Å². The van der Waals surface area contributed by atoms with Crippen molar-refractivity contribution in [2.24, 2.45) is 0 Å². The van der Waals surface area contributed by atoms with Crippen LogP contribution >= 0.6 is 0 Å². The average molecular weight is 294 g/mol. The molecule has 9 heteroatoms. The quantitative estimate of drug-likeness (QED) is 0.754. The molecule has 1 atom stereocenters. The van der Waals surface area contributed by atoms with Crippen LogP contribution in [0.5, 0.6) is 0 Å². The Morgan fingerprint density at radius 2 is 2.11 bits per heavy atom. The van der Waals surface area contributed by atoms with Gasteiger partial charge in [0.2, 0.25) is 0 Å². The fourth-order valence-corrected chi connectivity index (χ4v) is 3.46. The number of piperidine rings is 1. The molecule has 0 bridgehead atoms. The van der Waals surface area contributed by atoms with Crippen LogP contribution in [0.3, 0.4) is 0 Å². The Morgan fingerprint density at radius 3 is 2.68 bits per heavy atom. The summed E-state index contributed by atoms with van der Waals surface area (Å²) in [5.41, 5.74) is 0. The number of aliphatic carboxylic acids is 1. The average Bonchev–Trinajstić information content (AvgIpc) is 2.36. The Labute approximate surface area is 111 Å². The minimum absolute atomic E-state index is 0.102. The van der Waals surface area contributed by atoms with Crippen molar-refractivity contribution in [3.8, 4) is 0 Å². The highest BCUT2D eigenvalue weighted by Gasteiger charge is 2.33. The molecular formula is C10H18N2O6S. The summed E-state index contributed by atoms with van der Waals surface area (Å²) in [7, 11) is -2.90. The summed E-state index contributed by atoms with van der Waals surface area (Å²) >= 11 is 0. The van der Waals surface area contributed by atoms with Crippen molar-refractivity contribution in [1.82, 2.24) is 9.03 Å². The maximum atomic E-state index is 12.0. The summed E-state index contributed by atoms with van der Waals surface area (Å²) in [6.45, 7) is 0.274. The molecule has 0 radical (unpaired) electrons. The van der Waals surface area contributed by atoms with Crippen molar-refractivity contribution in [2.75, 3.05) is 13.7 Å². The van der Waals surface area contributed by atoms with Crippen LogP contribution in [0.1, 0.15) is 32.1 Å². The molecule has 8 nitrogen and oxygen atoms in total. The number of nitrogens with one attached hydrogen (secondary N) is 1. The lowest BCUT2D eigenvalue weighted by Crippen LogP contribution is -2.50. The first-order valence-electron chi connectivity index (χ1n) is 5.96. The van der Waals surface area contributed by atoms with Crippen LogP contribution in [0.4, 0.5) is 4.79 Å². The van der Waals surface area contributed by atoms with Gasteiger partial charge in [0, 0.05) is 19.0 Å². The Balaban J connectivity index is 2.75. The van der Waals surface area contributed by atoms with E-state index in [0.717, 1.165) is 17.8 Å². The van der Waals surface area contributed by atoms with Crippen LogP contribution in [0.15, 0.2) is 0 Å². The predicted octanol–water partition coefficient (Wildman–Crippen LogP) is 0.306. The summed E-state index contributed by atoms with van der Waals surface area (Å²) < 4.78 is 31.1. The number of hydrogen-bond acceptors (Lipinski definition) is 5. The van der Waals surface area contributed by atoms with Crippen molar-refractivity contribution >= 4 is 22.3 Å². The molecule has 0 saturated carbocycles. The molecule has 1 aliphatic heterocycles. The molecule has 2 N–H and O–H groups in total. The molecule has 0 spiro atoms. The van der Waals surface area contributed by atoms with Gasteiger partial charge in [-0.15, -0.1) is 0 Å². The number of hydrogen-bond donors (Lipinski definition) is 2. The first-order valence-corrected chi connectivity index (χ1v) is 7.40.